The minimum atomic E-state index is 0.106. The van der Waals surface area contributed by atoms with Gasteiger partial charge in [-0.1, -0.05) is 24.3 Å². The van der Waals surface area contributed by atoms with Crippen LogP contribution >= 0.6 is 0 Å². The second-order valence-electron chi connectivity index (χ2n) is 7.10. The highest BCUT2D eigenvalue weighted by Crippen LogP contribution is 2.28. The van der Waals surface area contributed by atoms with Crippen molar-refractivity contribution in [2.75, 3.05) is 19.6 Å². The third-order valence-electron chi connectivity index (χ3n) is 4.91. The number of pyridine rings is 1. The number of fused-ring (bicyclic) bond motifs is 2. The molecule has 6 heteroatoms. The second-order valence-corrected chi connectivity index (χ2v) is 7.10. The Labute approximate surface area is 165 Å². The van der Waals surface area contributed by atoms with E-state index in [0.717, 1.165) is 49.0 Å². The first-order valence-electron chi connectivity index (χ1n) is 9.93. The molecule has 6 nitrogen and oxygen atoms in total. The summed E-state index contributed by atoms with van der Waals surface area (Å²) < 4.78 is 8.06. The molecule has 1 aromatic carbocycles. The first-order valence-corrected chi connectivity index (χ1v) is 9.93. The van der Waals surface area contributed by atoms with Crippen LogP contribution in [0.4, 0.5) is 0 Å². The molecular weight excluding hydrogens is 350 g/mol. The number of aromatic nitrogens is 2. The zero-order valence-electron chi connectivity index (χ0n) is 16.5. The van der Waals surface area contributed by atoms with Gasteiger partial charge in [-0.3, -0.25) is 0 Å². The Morgan fingerprint density at radius 2 is 2.14 bits per heavy atom. The summed E-state index contributed by atoms with van der Waals surface area (Å²) in [6.07, 6.45) is 6.00. The highest BCUT2D eigenvalue weighted by molar-refractivity contribution is 5.79. The number of hydrogen-bond donors (Lipinski definition) is 2. The molecule has 1 atom stereocenters. The summed E-state index contributed by atoms with van der Waals surface area (Å²) in [6, 6.07) is 12.4. The van der Waals surface area contributed by atoms with Crippen molar-refractivity contribution in [3.05, 3.63) is 65.6 Å². The van der Waals surface area contributed by atoms with Crippen LogP contribution in [0.3, 0.4) is 0 Å². The van der Waals surface area contributed by atoms with E-state index in [1.54, 1.807) is 0 Å². The number of para-hydroxylation sites is 1. The quantitative estimate of drug-likeness (QED) is 0.512. The van der Waals surface area contributed by atoms with Crippen molar-refractivity contribution in [1.29, 1.82) is 0 Å². The summed E-state index contributed by atoms with van der Waals surface area (Å²) in [5, 5.41) is 6.71. The second kappa shape index (κ2) is 8.33. The normalized spacial score (nSPS) is 16.1. The van der Waals surface area contributed by atoms with Gasteiger partial charge in [0.05, 0.1) is 12.2 Å². The summed E-state index contributed by atoms with van der Waals surface area (Å²) in [4.78, 5) is 9.44. The molecule has 3 aromatic rings. The third-order valence-corrected chi connectivity index (χ3v) is 4.91. The third kappa shape index (κ3) is 4.11. The minimum Gasteiger partial charge on any atom is -0.488 e. The summed E-state index contributed by atoms with van der Waals surface area (Å²) in [7, 11) is 0. The number of hydrogen-bond acceptors (Lipinski definition) is 3. The Hall–Kier alpha value is -3.02. The van der Waals surface area contributed by atoms with Gasteiger partial charge in [0, 0.05) is 38.3 Å². The Morgan fingerprint density at radius 3 is 2.96 bits per heavy atom. The van der Waals surface area contributed by atoms with Gasteiger partial charge in [0.15, 0.2) is 5.96 Å². The number of imidazole rings is 1. The van der Waals surface area contributed by atoms with Gasteiger partial charge in [-0.05, 0) is 37.1 Å². The first kappa shape index (κ1) is 18.3. The highest BCUT2D eigenvalue weighted by Gasteiger charge is 2.21. The van der Waals surface area contributed by atoms with Crippen LogP contribution in [-0.4, -0.2) is 41.1 Å². The van der Waals surface area contributed by atoms with Gasteiger partial charge in [0.25, 0.3) is 0 Å². The molecule has 1 aliphatic rings. The fraction of sp³-hybridized carbons (Fsp3) is 0.364. The lowest BCUT2D eigenvalue weighted by Crippen LogP contribution is -2.39. The molecule has 0 fully saturated rings. The van der Waals surface area contributed by atoms with Gasteiger partial charge in [-0.2, -0.15) is 0 Å². The van der Waals surface area contributed by atoms with E-state index in [2.05, 4.69) is 53.3 Å². The van der Waals surface area contributed by atoms with E-state index < -0.39 is 0 Å². The van der Waals surface area contributed by atoms with E-state index in [1.165, 1.54) is 11.1 Å². The molecule has 0 spiro atoms. The molecule has 1 aliphatic heterocycles. The molecule has 0 saturated heterocycles. The van der Waals surface area contributed by atoms with E-state index in [4.69, 9.17) is 14.7 Å². The van der Waals surface area contributed by atoms with E-state index in [-0.39, 0.29) is 6.10 Å². The monoisotopic (exact) mass is 377 g/mol. The Morgan fingerprint density at radius 1 is 1.25 bits per heavy atom. The summed E-state index contributed by atoms with van der Waals surface area (Å²) >= 11 is 0. The minimum absolute atomic E-state index is 0.106. The largest absolute Gasteiger partial charge is 0.488 e. The Balaban J connectivity index is 1.32. The predicted molar refractivity (Wildman–Crippen MR) is 112 cm³/mol. The standard InChI is InChI=1S/C22H27N5O/c1-3-23-22(25-14-19-13-17-8-4-5-9-20(17)28-19)24-11-10-18-15-27-12-6-7-16(2)21(27)26-18/h4-9,12,15,19H,3,10-11,13-14H2,1-2H3,(H2,23,24,25). The number of aliphatic imine (C=N–C) groups is 1. The summed E-state index contributed by atoms with van der Waals surface area (Å²) in [6.45, 7) is 6.40. The van der Waals surface area contributed by atoms with Crippen LogP contribution in [0.25, 0.3) is 5.65 Å². The van der Waals surface area contributed by atoms with Crippen LogP contribution in [0.5, 0.6) is 5.75 Å². The van der Waals surface area contributed by atoms with Crippen molar-refractivity contribution < 1.29 is 4.74 Å². The fourth-order valence-corrected chi connectivity index (χ4v) is 3.52. The average molecular weight is 377 g/mol. The van der Waals surface area contributed by atoms with Crippen LogP contribution in [-0.2, 0) is 12.8 Å². The lowest BCUT2D eigenvalue weighted by atomic mass is 10.1. The topological polar surface area (TPSA) is 63.0 Å². The molecule has 0 bridgehead atoms. The number of nitrogens with zero attached hydrogens (tertiary/aromatic N) is 3. The van der Waals surface area contributed by atoms with Crippen LogP contribution < -0.4 is 15.4 Å². The number of nitrogens with one attached hydrogen (secondary N) is 2. The average Bonchev–Trinajstić information content (AvgIpc) is 3.30. The molecular formula is C22H27N5O. The Bertz CT molecular complexity index is 953. The lowest BCUT2D eigenvalue weighted by Gasteiger charge is -2.13. The molecule has 4 rings (SSSR count). The molecule has 0 saturated carbocycles. The molecule has 146 valence electrons. The zero-order valence-corrected chi connectivity index (χ0v) is 16.5. The van der Waals surface area contributed by atoms with E-state index >= 15 is 0 Å². The zero-order chi connectivity index (χ0) is 19.3. The molecule has 0 aliphatic carbocycles. The van der Waals surface area contributed by atoms with Gasteiger partial charge in [-0.25, -0.2) is 9.98 Å². The fourth-order valence-electron chi connectivity index (χ4n) is 3.52. The summed E-state index contributed by atoms with van der Waals surface area (Å²) in [5.74, 6) is 1.81. The number of guanidine groups is 1. The van der Waals surface area contributed by atoms with Crippen LogP contribution in [0, 0.1) is 6.92 Å². The van der Waals surface area contributed by atoms with Gasteiger partial charge >= 0.3 is 0 Å². The van der Waals surface area contributed by atoms with E-state index in [0.29, 0.717) is 6.54 Å². The number of benzene rings is 1. The number of aryl methyl sites for hydroxylation is 1. The first-order chi connectivity index (χ1) is 13.7. The molecule has 0 amide bonds. The van der Waals surface area contributed by atoms with Crippen LogP contribution in [0.15, 0.2) is 53.8 Å². The highest BCUT2D eigenvalue weighted by atomic mass is 16.5. The van der Waals surface area contributed by atoms with Gasteiger partial charge in [0.2, 0.25) is 0 Å². The maximum absolute atomic E-state index is 5.98. The predicted octanol–water partition coefficient (Wildman–Crippen LogP) is 2.74. The summed E-state index contributed by atoms with van der Waals surface area (Å²) in [5.41, 5.74) is 4.56. The molecule has 28 heavy (non-hydrogen) atoms. The van der Waals surface area contributed by atoms with Crippen molar-refractivity contribution >= 4 is 11.6 Å². The van der Waals surface area contributed by atoms with Crippen LogP contribution in [0.1, 0.15) is 23.7 Å². The van der Waals surface area contributed by atoms with Gasteiger partial charge in [-0.15, -0.1) is 0 Å². The van der Waals surface area contributed by atoms with Crippen molar-refractivity contribution in [1.82, 2.24) is 20.0 Å². The Kier molecular flexibility index (Phi) is 5.46. The van der Waals surface area contributed by atoms with Crippen LogP contribution in [0.2, 0.25) is 0 Å². The van der Waals surface area contributed by atoms with Gasteiger partial charge < -0.3 is 19.8 Å². The smallest absolute Gasteiger partial charge is 0.191 e. The molecule has 3 heterocycles. The number of ether oxygens (including phenoxy) is 1. The molecule has 2 aromatic heterocycles. The maximum Gasteiger partial charge on any atom is 0.191 e. The SMILES string of the molecule is CCNC(=NCC1Cc2ccccc2O1)NCCc1cn2cccc(C)c2n1. The van der Waals surface area contributed by atoms with Crippen molar-refractivity contribution in [3.63, 3.8) is 0 Å². The van der Waals surface area contributed by atoms with E-state index in [9.17, 15) is 0 Å². The van der Waals surface area contributed by atoms with Gasteiger partial charge in [0.1, 0.15) is 17.5 Å². The van der Waals surface area contributed by atoms with E-state index in [1.807, 2.05) is 24.4 Å². The van der Waals surface area contributed by atoms with Crippen molar-refractivity contribution in [2.24, 2.45) is 4.99 Å². The molecule has 0 radical (unpaired) electrons. The molecule has 2 N–H and O–H groups in total. The molecule has 1 unspecified atom stereocenters. The number of rotatable bonds is 6. The van der Waals surface area contributed by atoms with Crippen molar-refractivity contribution in [3.8, 4) is 5.75 Å². The van der Waals surface area contributed by atoms with Crippen molar-refractivity contribution in [2.45, 2.75) is 32.8 Å². The lowest BCUT2D eigenvalue weighted by molar-refractivity contribution is 0.241. The maximum atomic E-state index is 5.98.